The van der Waals surface area contributed by atoms with Gasteiger partial charge >= 0.3 is 6.09 Å². The SMILES string of the molecule is CCOC(=O)N1CC=C2C(C#N)C(=N)C(C#N)(C#N)[C@@H](c3ccc(SC)cc3)[C@H]2C1. The highest BCUT2D eigenvalue weighted by molar-refractivity contribution is 7.98. The van der Waals surface area contributed by atoms with Crippen LogP contribution in [0.2, 0.25) is 0 Å². The summed E-state index contributed by atoms with van der Waals surface area (Å²) in [6.07, 6.45) is 3.25. The van der Waals surface area contributed by atoms with Crippen molar-refractivity contribution < 1.29 is 9.53 Å². The number of ether oxygens (including phenoxy) is 1. The van der Waals surface area contributed by atoms with E-state index in [4.69, 9.17) is 10.1 Å². The van der Waals surface area contributed by atoms with Gasteiger partial charge in [0, 0.05) is 29.8 Å². The summed E-state index contributed by atoms with van der Waals surface area (Å²) < 4.78 is 5.13. The van der Waals surface area contributed by atoms with Gasteiger partial charge < -0.3 is 15.0 Å². The molecule has 1 aromatic carbocycles. The van der Waals surface area contributed by atoms with Gasteiger partial charge in [-0.1, -0.05) is 18.2 Å². The van der Waals surface area contributed by atoms with E-state index < -0.39 is 29.3 Å². The maximum Gasteiger partial charge on any atom is 0.410 e. The first-order valence-electron chi connectivity index (χ1n) is 9.54. The van der Waals surface area contributed by atoms with E-state index in [1.165, 1.54) is 4.90 Å². The summed E-state index contributed by atoms with van der Waals surface area (Å²) >= 11 is 1.58. The van der Waals surface area contributed by atoms with Crippen LogP contribution in [0.25, 0.3) is 0 Å². The molecule has 0 aromatic heterocycles. The van der Waals surface area contributed by atoms with E-state index in [0.717, 1.165) is 10.5 Å². The van der Waals surface area contributed by atoms with Gasteiger partial charge in [0.05, 0.1) is 30.5 Å². The molecular weight excluding hydrogens is 398 g/mol. The zero-order valence-electron chi connectivity index (χ0n) is 16.8. The number of hydrogen-bond acceptors (Lipinski definition) is 7. The molecule has 0 saturated heterocycles. The molecule has 1 N–H and O–H groups in total. The fraction of sp³-hybridized carbons (Fsp3) is 0.409. The van der Waals surface area contributed by atoms with Gasteiger partial charge in [0.15, 0.2) is 5.41 Å². The lowest BCUT2D eigenvalue weighted by atomic mass is 9.54. The van der Waals surface area contributed by atoms with Crippen LogP contribution in [0.1, 0.15) is 18.4 Å². The number of nitriles is 3. The zero-order valence-corrected chi connectivity index (χ0v) is 17.6. The number of benzene rings is 1. The highest BCUT2D eigenvalue weighted by Gasteiger charge is 2.58. The van der Waals surface area contributed by atoms with Crippen molar-refractivity contribution in [2.75, 3.05) is 26.0 Å². The third-order valence-electron chi connectivity index (χ3n) is 5.79. The molecule has 1 aliphatic carbocycles. The van der Waals surface area contributed by atoms with E-state index in [1.807, 2.05) is 30.5 Å². The van der Waals surface area contributed by atoms with Crippen molar-refractivity contribution in [2.24, 2.45) is 17.3 Å². The minimum absolute atomic E-state index is 0.193. The standard InChI is InChI=1S/C22H21N5O2S/c1-3-29-21(28)27-9-8-16-17(10-23)20(26)22(12-24,13-25)19(18(16)11-27)14-4-6-15(30-2)7-5-14/h4-8,17-19,26H,3,9,11H2,1-2H3/t17?,18-,19-/m0/s1. The van der Waals surface area contributed by atoms with E-state index >= 15 is 0 Å². The monoisotopic (exact) mass is 419 g/mol. The van der Waals surface area contributed by atoms with Crippen LogP contribution in [-0.2, 0) is 4.74 Å². The predicted octanol–water partition coefficient (Wildman–Crippen LogP) is 3.71. The van der Waals surface area contributed by atoms with Crippen molar-refractivity contribution in [1.29, 1.82) is 21.2 Å². The maximum atomic E-state index is 12.3. The minimum Gasteiger partial charge on any atom is -0.450 e. The van der Waals surface area contributed by atoms with E-state index in [-0.39, 0.29) is 25.4 Å². The lowest BCUT2D eigenvalue weighted by molar-refractivity contribution is 0.0992. The number of thioether (sulfide) groups is 1. The Balaban J connectivity index is 2.17. The second kappa shape index (κ2) is 8.61. The van der Waals surface area contributed by atoms with E-state index in [9.17, 15) is 20.6 Å². The normalized spacial score (nSPS) is 24.5. The third-order valence-corrected chi connectivity index (χ3v) is 6.53. The summed E-state index contributed by atoms with van der Waals surface area (Å²) in [5, 5.41) is 38.5. The highest BCUT2D eigenvalue weighted by atomic mass is 32.2. The van der Waals surface area contributed by atoms with Crippen molar-refractivity contribution in [1.82, 2.24) is 4.90 Å². The number of carbonyl (C=O) groups excluding carboxylic acids is 1. The Bertz CT molecular complexity index is 998. The second-order valence-electron chi connectivity index (χ2n) is 7.17. The van der Waals surface area contributed by atoms with Gasteiger partial charge in [-0.2, -0.15) is 15.8 Å². The van der Waals surface area contributed by atoms with Crippen LogP contribution in [0, 0.1) is 56.7 Å². The largest absolute Gasteiger partial charge is 0.450 e. The first kappa shape index (κ1) is 21.4. The number of carbonyl (C=O) groups is 1. The number of amides is 1. The van der Waals surface area contributed by atoms with E-state index in [0.29, 0.717) is 5.57 Å². The number of fused-ring (bicyclic) bond motifs is 1. The molecule has 30 heavy (non-hydrogen) atoms. The van der Waals surface area contributed by atoms with Crippen molar-refractivity contribution in [2.45, 2.75) is 17.7 Å². The molecule has 1 unspecified atom stereocenters. The fourth-order valence-electron chi connectivity index (χ4n) is 4.36. The van der Waals surface area contributed by atoms with Crippen molar-refractivity contribution in [3.8, 4) is 18.2 Å². The molecule has 7 nitrogen and oxygen atoms in total. The summed E-state index contributed by atoms with van der Waals surface area (Å²) in [6.45, 7) is 2.45. The van der Waals surface area contributed by atoms with Crippen LogP contribution >= 0.6 is 11.8 Å². The van der Waals surface area contributed by atoms with Gasteiger partial charge in [0.25, 0.3) is 0 Å². The molecule has 1 aromatic rings. The van der Waals surface area contributed by atoms with Crippen molar-refractivity contribution >= 4 is 23.6 Å². The van der Waals surface area contributed by atoms with Crippen LogP contribution < -0.4 is 0 Å². The number of rotatable bonds is 3. The zero-order chi connectivity index (χ0) is 21.9. The molecule has 8 heteroatoms. The van der Waals surface area contributed by atoms with Crippen LogP contribution in [0.15, 0.2) is 40.8 Å². The Morgan fingerprint density at radius 2 is 1.97 bits per heavy atom. The van der Waals surface area contributed by atoms with Crippen molar-refractivity contribution in [3.05, 3.63) is 41.5 Å². The Morgan fingerprint density at radius 1 is 1.30 bits per heavy atom. The molecule has 1 saturated carbocycles. The molecule has 3 rings (SSSR count). The predicted molar refractivity (Wildman–Crippen MR) is 112 cm³/mol. The van der Waals surface area contributed by atoms with Crippen molar-refractivity contribution in [3.63, 3.8) is 0 Å². The smallest absolute Gasteiger partial charge is 0.410 e. The molecule has 0 radical (unpaired) electrons. The first-order chi connectivity index (χ1) is 14.5. The average Bonchev–Trinajstić information content (AvgIpc) is 2.78. The van der Waals surface area contributed by atoms with Gasteiger partial charge in [0.1, 0.15) is 5.92 Å². The average molecular weight is 420 g/mol. The van der Waals surface area contributed by atoms with Gasteiger partial charge in [-0.25, -0.2) is 4.79 Å². The molecular formula is C22H21N5O2S. The molecule has 1 aliphatic heterocycles. The van der Waals surface area contributed by atoms with E-state index in [1.54, 1.807) is 24.8 Å². The summed E-state index contributed by atoms with van der Waals surface area (Å²) in [5.41, 5.74) is -0.552. The van der Waals surface area contributed by atoms with Crippen LogP contribution in [0.5, 0.6) is 0 Å². The molecule has 3 atom stereocenters. The van der Waals surface area contributed by atoms with Crippen LogP contribution in [-0.4, -0.2) is 42.7 Å². The Morgan fingerprint density at radius 3 is 2.50 bits per heavy atom. The third kappa shape index (κ3) is 3.32. The minimum atomic E-state index is -1.79. The van der Waals surface area contributed by atoms with Gasteiger partial charge in [-0.15, -0.1) is 11.8 Å². The number of nitrogens with zero attached hydrogens (tertiary/aromatic N) is 4. The second-order valence-corrected chi connectivity index (χ2v) is 8.05. The Hall–Kier alpha value is -3.28. The Labute approximate surface area is 180 Å². The molecule has 1 amide bonds. The maximum absolute atomic E-state index is 12.3. The lowest BCUT2D eigenvalue weighted by Crippen LogP contribution is -2.53. The summed E-state index contributed by atoms with van der Waals surface area (Å²) in [4.78, 5) is 14.9. The molecule has 0 bridgehead atoms. The number of nitrogens with one attached hydrogen (secondary N) is 1. The van der Waals surface area contributed by atoms with Gasteiger partial charge in [-0.05, 0) is 36.4 Å². The van der Waals surface area contributed by atoms with Gasteiger partial charge in [-0.3, -0.25) is 0 Å². The lowest BCUT2D eigenvalue weighted by Gasteiger charge is -2.47. The molecule has 152 valence electrons. The Kier molecular flexibility index (Phi) is 6.15. The van der Waals surface area contributed by atoms with Gasteiger partial charge in [0.2, 0.25) is 0 Å². The summed E-state index contributed by atoms with van der Waals surface area (Å²) in [5.74, 6) is -2.08. The first-order valence-corrected chi connectivity index (χ1v) is 10.8. The van der Waals surface area contributed by atoms with E-state index in [2.05, 4.69) is 18.2 Å². The molecule has 2 aliphatic rings. The van der Waals surface area contributed by atoms with Crippen LogP contribution in [0.4, 0.5) is 4.79 Å². The molecule has 1 fully saturated rings. The molecule has 0 spiro atoms. The van der Waals surface area contributed by atoms with Crippen LogP contribution in [0.3, 0.4) is 0 Å². The summed E-state index contributed by atoms with van der Waals surface area (Å²) in [7, 11) is 0. The quantitative estimate of drug-likeness (QED) is 0.588. The summed E-state index contributed by atoms with van der Waals surface area (Å²) in [6, 6.07) is 13.8. The highest BCUT2D eigenvalue weighted by Crippen LogP contribution is 2.53. The number of hydrogen-bond donors (Lipinski definition) is 1. The fourth-order valence-corrected chi connectivity index (χ4v) is 4.77. The molecule has 1 heterocycles. The topological polar surface area (TPSA) is 125 Å².